The highest BCUT2D eigenvalue weighted by Crippen LogP contribution is 2.39. The quantitative estimate of drug-likeness (QED) is 0.410. The molecule has 2 bridgehead atoms. The fourth-order valence-corrected chi connectivity index (χ4v) is 6.33. The summed E-state index contributed by atoms with van der Waals surface area (Å²) < 4.78 is 18.8. The second-order valence-corrected chi connectivity index (χ2v) is 12.9. The van der Waals surface area contributed by atoms with Crippen molar-refractivity contribution in [2.24, 2.45) is 0 Å². The summed E-state index contributed by atoms with van der Waals surface area (Å²) in [5, 5.41) is 13.7. The molecule has 0 N–H and O–H groups in total. The Morgan fingerprint density at radius 3 is 2.37 bits per heavy atom. The van der Waals surface area contributed by atoms with Gasteiger partial charge in [0.05, 0.1) is 31.7 Å². The Balaban J connectivity index is 1.15. The van der Waals surface area contributed by atoms with Crippen molar-refractivity contribution >= 4 is 17.7 Å². The molecule has 0 spiro atoms. The number of fused-ring (bicyclic) bond motifs is 2. The first-order valence-electron chi connectivity index (χ1n) is 15.1. The fraction of sp³-hybridized carbons (Fsp3) is 0.581. The minimum atomic E-state index is -0.493. The molecule has 3 fully saturated rings. The van der Waals surface area contributed by atoms with Crippen LogP contribution in [0.4, 0.5) is 16.4 Å². The first-order valence-corrected chi connectivity index (χ1v) is 15.1. The molecule has 3 aromatic heterocycles. The third kappa shape index (κ3) is 6.16. The van der Waals surface area contributed by atoms with Gasteiger partial charge in [-0.1, -0.05) is 0 Å². The van der Waals surface area contributed by atoms with Gasteiger partial charge in [0.15, 0.2) is 12.0 Å². The maximum atomic E-state index is 12.9. The zero-order valence-corrected chi connectivity index (χ0v) is 25.9. The lowest BCUT2D eigenvalue weighted by molar-refractivity contribution is -0.127. The largest absolute Gasteiger partial charge is 0.444 e. The number of carbonyl (C=O) groups excluding carboxylic acids is 1. The van der Waals surface area contributed by atoms with Gasteiger partial charge in [-0.3, -0.25) is 0 Å². The Bertz CT molecular complexity index is 1420. The van der Waals surface area contributed by atoms with Crippen molar-refractivity contribution < 1.29 is 19.0 Å². The van der Waals surface area contributed by atoms with Crippen LogP contribution in [0.3, 0.4) is 0 Å². The van der Waals surface area contributed by atoms with Crippen LogP contribution in [0.2, 0.25) is 0 Å². The van der Waals surface area contributed by atoms with Crippen molar-refractivity contribution in [2.45, 2.75) is 76.4 Å². The van der Waals surface area contributed by atoms with Gasteiger partial charge in [-0.25, -0.2) is 14.5 Å². The molecule has 3 aromatic rings. The predicted molar refractivity (Wildman–Crippen MR) is 163 cm³/mol. The Labute approximate surface area is 252 Å². The minimum Gasteiger partial charge on any atom is -0.444 e. The van der Waals surface area contributed by atoms with Gasteiger partial charge in [0.25, 0.3) is 0 Å². The third-order valence-electron chi connectivity index (χ3n) is 8.44. The van der Waals surface area contributed by atoms with E-state index in [4.69, 9.17) is 19.2 Å². The summed E-state index contributed by atoms with van der Waals surface area (Å²) in [6.07, 6.45) is 7.19. The van der Waals surface area contributed by atoms with E-state index >= 15 is 0 Å². The van der Waals surface area contributed by atoms with Crippen LogP contribution in [-0.2, 0) is 14.2 Å². The van der Waals surface area contributed by atoms with Crippen molar-refractivity contribution in [3.63, 3.8) is 0 Å². The number of piperidine rings is 1. The predicted octanol–water partition coefficient (Wildman–Crippen LogP) is 4.38. The average Bonchev–Trinajstić information content (AvgIpc) is 3.58. The molecule has 230 valence electrons. The summed E-state index contributed by atoms with van der Waals surface area (Å²) >= 11 is 0. The molecule has 3 aliphatic heterocycles. The number of anilines is 2. The molecular weight excluding hydrogens is 548 g/mol. The highest BCUT2D eigenvalue weighted by molar-refractivity contribution is 5.77. The number of aromatic nitrogens is 5. The number of rotatable bonds is 6. The highest BCUT2D eigenvalue weighted by Gasteiger charge is 2.46. The topological polar surface area (TPSA) is 111 Å². The molecule has 0 radical (unpaired) electrons. The van der Waals surface area contributed by atoms with E-state index in [0.29, 0.717) is 25.5 Å². The molecule has 43 heavy (non-hydrogen) atoms. The Kier molecular flexibility index (Phi) is 7.99. The molecule has 2 unspecified atom stereocenters. The number of ether oxygens (including phenoxy) is 3. The van der Waals surface area contributed by atoms with Crippen molar-refractivity contribution in [2.75, 3.05) is 50.8 Å². The maximum absolute atomic E-state index is 12.9. The van der Waals surface area contributed by atoms with Gasteiger partial charge in [0.1, 0.15) is 17.1 Å². The number of pyridine rings is 1. The van der Waals surface area contributed by atoms with Crippen LogP contribution in [-0.4, -0.2) is 101 Å². The van der Waals surface area contributed by atoms with Gasteiger partial charge >= 0.3 is 6.09 Å². The lowest BCUT2D eigenvalue weighted by Gasteiger charge is -2.42. The molecule has 12 nitrogen and oxygen atoms in total. The monoisotopic (exact) mass is 590 g/mol. The van der Waals surface area contributed by atoms with E-state index < -0.39 is 5.60 Å². The molecule has 3 saturated heterocycles. The molecular formula is C31H42N8O4. The van der Waals surface area contributed by atoms with E-state index in [-0.39, 0.29) is 30.4 Å². The fourth-order valence-electron chi connectivity index (χ4n) is 6.33. The van der Waals surface area contributed by atoms with Crippen LogP contribution in [0.5, 0.6) is 0 Å². The van der Waals surface area contributed by atoms with Crippen molar-refractivity contribution in [3.05, 3.63) is 36.7 Å². The summed E-state index contributed by atoms with van der Waals surface area (Å²) in [6.45, 7) is 7.40. The molecule has 0 saturated carbocycles. The van der Waals surface area contributed by atoms with Crippen LogP contribution in [0.15, 0.2) is 36.7 Å². The maximum Gasteiger partial charge on any atom is 0.410 e. The second-order valence-electron chi connectivity index (χ2n) is 12.9. The molecule has 0 aromatic carbocycles. The molecule has 0 aliphatic carbocycles. The standard InChI is InChI=1S/C31H42N8O4/c1-31(2,3)43-30(40)39-21-7-8-22(39)16-23(15-21)37(6)27-12-11-26(34-35-27)25-10-9-24(29(33-25)36(4)5)20-17-32-38(18-20)28-19-41-13-14-42-28/h9-12,17-18,21-23,28H,7-8,13-16,19H2,1-6H3/t21-,22+,23?,28?. The molecule has 3 aliphatic rings. The van der Waals surface area contributed by atoms with Crippen molar-refractivity contribution in [3.8, 4) is 22.5 Å². The van der Waals surface area contributed by atoms with Gasteiger partial charge < -0.3 is 28.9 Å². The normalized spacial score (nSPS) is 23.7. The number of carbonyl (C=O) groups is 1. The highest BCUT2D eigenvalue weighted by atomic mass is 16.6. The Hall–Kier alpha value is -3.77. The molecule has 1 amide bonds. The van der Waals surface area contributed by atoms with E-state index in [1.807, 2.05) is 81.3 Å². The van der Waals surface area contributed by atoms with Gasteiger partial charge in [0, 0.05) is 56.6 Å². The minimum absolute atomic E-state index is 0.191. The van der Waals surface area contributed by atoms with Gasteiger partial charge in [-0.2, -0.15) is 5.10 Å². The summed E-state index contributed by atoms with van der Waals surface area (Å²) in [5.74, 6) is 1.62. The van der Waals surface area contributed by atoms with Crippen LogP contribution in [0, 0.1) is 0 Å². The number of hydrogen-bond acceptors (Lipinski definition) is 10. The van der Waals surface area contributed by atoms with Crippen LogP contribution in [0.25, 0.3) is 22.5 Å². The van der Waals surface area contributed by atoms with E-state index in [9.17, 15) is 4.79 Å². The van der Waals surface area contributed by atoms with E-state index in [2.05, 4.69) is 27.2 Å². The first kappa shape index (κ1) is 29.3. The molecule has 12 heteroatoms. The summed E-state index contributed by atoms with van der Waals surface area (Å²) in [5.41, 5.74) is 2.87. The third-order valence-corrected chi connectivity index (χ3v) is 8.44. The molecule has 6 rings (SSSR count). The van der Waals surface area contributed by atoms with Crippen LogP contribution in [0.1, 0.15) is 52.7 Å². The van der Waals surface area contributed by atoms with Gasteiger partial charge in [-0.15, -0.1) is 10.2 Å². The van der Waals surface area contributed by atoms with Gasteiger partial charge in [0.2, 0.25) is 0 Å². The van der Waals surface area contributed by atoms with E-state index in [1.54, 1.807) is 4.68 Å². The first-order chi connectivity index (χ1) is 20.6. The summed E-state index contributed by atoms with van der Waals surface area (Å²) in [4.78, 5) is 24.0. The van der Waals surface area contributed by atoms with Crippen molar-refractivity contribution in [1.82, 2.24) is 29.9 Å². The zero-order chi connectivity index (χ0) is 30.3. The number of hydrogen-bond donors (Lipinski definition) is 0. The Morgan fingerprint density at radius 1 is 1.00 bits per heavy atom. The van der Waals surface area contributed by atoms with Crippen molar-refractivity contribution in [1.29, 1.82) is 0 Å². The zero-order valence-electron chi connectivity index (χ0n) is 25.9. The Morgan fingerprint density at radius 2 is 1.74 bits per heavy atom. The van der Waals surface area contributed by atoms with E-state index in [0.717, 1.165) is 54.1 Å². The van der Waals surface area contributed by atoms with Crippen LogP contribution < -0.4 is 9.80 Å². The summed E-state index contributed by atoms with van der Waals surface area (Å²) in [7, 11) is 6.02. The average molecular weight is 591 g/mol. The lowest BCUT2D eigenvalue weighted by Crippen LogP contribution is -2.53. The summed E-state index contributed by atoms with van der Waals surface area (Å²) in [6, 6.07) is 8.66. The number of nitrogens with zero attached hydrogens (tertiary/aromatic N) is 8. The lowest BCUT2D eigenvalue weighted by atomic mass is 9.96. The molecule has 6 heterocycles. The molecule has 4 atom stereocenters. The smallest absolute Gasteiger partial charge is 0.410 e. The van der Waals surface area contributed by atoms with Crippen LogP contribution >= 0.6 is 0 Å². The second kappa shape index (κ2) is 11.7. The SMILES string of the molecule is CN(C)c1nc(-c2ccc(N(C)C3C[C@H]4CC[C@@H](C3)N4C(=O)OC(C)(C)C)nn2)ccc1-c1cnn(C2COCCO2)c1. The van der Waals surface area contributed by atoms with E-state index in [1.165, 1.54) is 0 Å². The van der Waals surface area contributed by atoms with Gasteiger partial charge in [-0.05, 0) is 70.7 Å². The number of amides is 1.